The Morgan fingerprint density at radius 2 is 1.95 bits per heavy atom. The molecule has 1 N–H and O–H groups in total. The highest BCUT2D eigenvalue weighted by atomic mass is 32.2. The molecule has 0 aliphatic carbocycles. The van der Waals surface area contributed by atoms with Crippen molar-refractivity contribution in [2.24, 2.45) is 0 Å². The van der Waals surface area contributed by atoms with Gasteiger partial charge in [0, 0.05) is 6.54 Å². The minimum Gasteiger partial charge on any atom is -0.495 e. The van der Waals surface area contributed by atoms with E-state index in [1.165, 1.54) is 18.4 Å². The van der Waals surface area contributed by atoms with E-state index in [0.29, 0.717) is 5.75 Å². The smallest absolute Gasteiger partial charge is 0.244 e. The van der Waals surface area contributed by atoms with Crippen molar-refractivity contribution >= 4 is 21.4 Å². The van der Waals surface area contributed by atoms with E-state index in [0.717, 1.165) is 16.7 Å². The Balaban J connectivity index is 2.31. The maximum Gasteiger partial charge on any atom is 0.244 e. The molecule has 0 radical (unpaired) electrons. The second kappa shape index (κ2) is 5.95. The molecule has 6 heteroatoms. The van der Waals surface area contributed by atoms with Crippen LogP contribution in [0.1, 0.15) is 16.7 Å². The zero-order valence-electron chi connectivity index (χ0n) is 11.6. The van der Waals surface area contributed by atoms with Crippen molar-refractivity contribution in [3.63, 3.8) is 0 Å². The molecule has 0 aliphatic heterocycles. The van der Waals surface area contributed by atoms with Crippen molar-refractivity contribution in [2.45, 2.75) is 25.3 Å². The molecule has 0 amide bonds. The van der Waals surface area contributed by atoms with Crippen LogP contribution in [0.4, 0.5) is 0 Å². The highest BCUT2D eigenvalue weighted by Crippen LogP contribution is 2.27. The lowest BCUT2D eigenvalue weighted by Gasteiger charge is -2.13. The molecule has 0 fully saturated rings. The van der Waals surface area contributed by atoms with Gasteiger partial charge in [-0.1, -0.05) is 0 Å². The number of hydrogen-bond acceptors (Lipinski definition) is 4. The first-order valence-corrected chi connectivity index (χ1v) is 8.52. The Kier molecular flexibility index (Phi) is 4.47. The van der Waals surface area contributed by atoms with Gasteiger partial charge in [-0.15, -0.1) is 0 Å². The number of rotatable bonds is 5. The zero-order chi connectivity index (χ0) is 14.8. The number of hydrogen-bond donors (Lipinski definition) is 1. The quantitative estimate of drug-likeness (QED) is 0.924. The fourth-order valence-electron chi connectivity index (χ4n) is 1.78. The molecular formula is C14H17NO3S2. The van der Waals surface area contributed by atoms with Crippen molar-refractivity contribution in [3.8, 4) is 5.75 Å². The molecule has 2 rings (SSSR count). The summed E-state index contributed by atoms with van der Waals surface area (Å²) < 4.78 is 32.6. The molecule has 1 aromatic carbocycles. The molecule has 108 valence electrons. The van der Waals surface area contributed by atoms with Crippen molar-refractivity contribution in [2.75, 3.05) is 7.11 Å². The van der Waals surface area contributed by atoms with Gasteiger partial charge in [0.25, 0.3) is 0 Å². The molecule has 20 heavy (non-hydrogen) atoms. The average Bonchev–Trinajstić information content (AvgIpc) is 2.92. The second-order valence-electron chi connectivity index (χ2n) is 4.54. The lowest BCUT2D eigenvalue weighted by atomic mass is 10.1. The van der Waals surface area contributed by atoms with Crippen molar-refractivity contribution in [3.05, 3.63) is 45.6 Å². The molecule has 0 atom stereocenters. The molecule has 2 aromatic rings. The SMILES string of the molecule is COc1cc(C)c(C)cc1S(=O)(=O)NCc1ccsc1. The lowest BCUT2D eigenvalue weighted by molar-refractivity contribution is 0.402. The maximum absolute atomic E-state index is 12.4. The Bertz CT molecular complexity index is 691. The first kappa shape index (κ1) is 15.0. The highest BCUT2D eigenvalue weighted by Gasteiger charge is 2.20. The van der Waals surface area contributed by atoms with Gasteiger partial charge in [-0.2, -0.15) is 11.3 Å². The molecule has 1 aromatic heterocycles. The third-order valence-electron chi connectivity index (χ3n) is 3.12. The first-order valence-electron chi connectivity index (χ1n) is 6.10. The van der Waals surface area contributed by atoms with Crippen LogP contribution < -0.4 is 9.46 Å². The van der Waals surface area contributed by atoms with Crippen LogP contribution in [0.25, 0.3) is 0 Å². The minimum atomic E-state index is -3.59. The van der Waals surface area contributed by atoms with E-state index >= 15 is 0 Å². The van der Waals surface area contributed by atoms with Gasteiger partial charge in [-0.25, -0.2) is 13.1 Å². The summed E-state index contributed by atoms with van der Waals surface area (Å²) in [6.07, 6.45) is 0. The van der Waals surface area contributed by atoms with Crippen LogP contribution >= 0.6 is 11.3 Å². The summed E-state index contributed by atoms with van der Waals surface area (Å²) in [6.45, 7) is 4.08. The van der Waals surface area contributed by atoms with E-state index in [4.69, 9.17) is 4.74 Å². The standard InChI is InChI=1S/C14H17NO3S2/c1-10-6-13(18-3)14(7-11(10)2)20(16,17)15-8-12-4-5-19-9-12/h4-7,9,15H,8H2,1-3H3. The number of nitrogens with one attached hydrogen (secondary N) is 1. The van der Waals surface area contributed by atoms with Crippen LogP contribution in [0.2, 0.25) is 0 Å². The van der Waals surface area contributed by atoms with E-state index in [1.54, 1.807) is 12.1 Å². The molecule has 0 unspecified atom stereocenters. The van der Waals surface area contributed by atoms with Crippen molar-refractivity contribution < 1.29 is 13.2 Å². The predicted octanol–water partition coefficient (Wildman–Crippen LogP) is 2.85. The topological polar surface area (TPSA) is 55.4 Å². The molecule has 0 saturated carbocycles. The molecule has 0 spiro atoms. The summed E-state index contributed by atoms with van der Waals surface area (Å²) in [7, 11) is -2.11. The van der Waals surface area contributed by atoms with E-state index < -0.39 is 10.0 Å². The van der Waals surface area contributed by atoms with E-state index in [-0.39, 0.29) is 11.4 Å². The normalized spacial score (nSPS) is 11.6. The number of thiophene rings is 1. The van der Waals surface area contributed by atoms with Gasteiger partial charge < -0.3 is 4.74 Å². The maximum atomic E-state index is 12.4. The number of sulfonamides is 1. The van der Waals surface area contributed by atoms with E-state index in [2.05, 4.69) is 4.72 Å². The van der Waals surface area contributed by atoms with Crippen LogP contribution in [0.15, 0.2) is 33.9 Å². The van der Waals surface area contributed by atoms with Crippen LogP contribution in [-0.4, -0.2) is 15.5 Å². The predicted molar refractivity (Wildman–Crippen MR) is 80.8 cm³/mol. The molecule has 0 saturated heterocycles. The van der Waals surface area contributed by atoms with Gasteiger partial charge >= 0.3 is 0 Å². The Morgan fingerprint density at radius 3 is 2.55 bits per heavy atom. The highest BCUT2D eigenvalue weighted by molar-refractivity contribution is 7.89. The number of aryl methyl sites for hydroxylation is 2. The summed E-state index contributed by atoms with van der Waals surface area (Å²) in [6, 6.07) is 5.28. The van der Waals surface area contributed by atoms with Gasteiger partial charge in [0.2, 0.25) is 10.0 Å². The summed E-state index contributed by atoms with van der Waals surface area (Å²) in [5.74, 6) is 0.367. The fourth-order valence-corrected chi connectivity index (χ4v) is 3.70. The average molecular weight is 311 g/mol. The van der Waals surface area contributed by atoms with Crippen LogP contribution in [0, 0.1) is 13.8 Å². The molecular weight excluding hydrogens is 294 g/mol. The monoisotopic (exact) mass is 311 g/mol. The summed E-state index contributed by atoms with van der Waals surface area (Å²) in [4.78, 5) is 0.179. The minimum absolute atomic E-state index is 0.179. The summed E-state index contributed by atoms with van der Waals surface area (Å²) in [5, 5.41) is 3.83. The van der Waals surface area contributed by atoms with Gasteiger partial charge in [-0.3, -0.25) is 0 Å². The number of ether oxygens (including phenoxy) is 1. The largest absolute Gasteiger partial charge is 0.495 e. The molecule has 0 bridgehead atoms. The van der Waals surface area contributed by atoms with Crippen molar-refractivity contribution in [1.29, 1.82) is 0 Å². The van der Waals surface area contributed by atoms with Crippen LogP contribution in [0.5, 0.6) is 5.75 Å². The summed E-state index contributed by atoms with van der Waals surface area (Å²) in [5.41, 5.74) is 2.86. The van der Waals surface area contributed by atoms with Gasteiger partial charge in [0.1, 0.15) is 10.6 Å². The summed E-state index contributed by atoms with van der Waals surface area (Å²) >= 11 is 1.54. The first-order chi connectivity index (χ1) is 9.44. The molecule has 0 aliphatic rings. The molecule has 1 heterocycles. The Morgan fingerprint density at radius 1 is 1.25 bits per heavy atom. The second-order valence-corrected chi connectivity index (χ2v) is 7.06. The lowest BCUT2D eigenvalue weighted by Crippen LogP contribution is -2.23. The van der Waals surface area contributed by atoms with Gasteiger partial charge in [0.05, 0.1) is 7.11 Å². The zero-order valence-corrected chi connectivity index (χ0v) is 13.3. The Hall–Kier alpha value is -1.37. The number of benzene rings is 1. The third-order valence-corrected chi connectivity index (χ3v) is 5.27. The van der Waals surface area contributed by atoms with Crippen LogP contribution in [0.3, 0.4) is 0 Å². The van der Waals surface area contributed by atoms with Crippen LogP contribution in [-0.2, 0) is 16.6 Å². The van der Waals surface area contributed by atoms with Crippen molar-refractivity contribution in [1.82, 2.24) is 4.72 Å². The number of methoxy groups -OCH3 is 1. The van der Waals surface area contributed by atoms with E-state index in [1.807, 2.05) is 30.7 Å². The van der Waals surface area contributed by atoms with Gasteiger partial charge in [-0.05, 0) is 59.5 Å². The van der Waals surface area contributed by atoms with E-state index in [9.17, 15) is 8.42 Å². The van der Waals surface area contributed by atoms with Gasteiger partial charge in [0.15, 0.2) is 0 Å². The molecule has 4 nitrogen and oxygen atoms in total. The fraction of sp³-hybridized carbons (Fsp3) is 0.286. The Labute approximate surface area is 123 Å². The third kappa shape index (κ3) is 3.20.